The fourth-order valence-corrected chi connectivity index (χ4v) is 4.67. The number of rotatable bonds is 10. The van der Waals surface area contributed by atoms with Gasteiger partial charge in [0.1, 0.15) is 17.6 Å². The highest BCUT2D eigenvalue weighted by Gasteiger charge is 2.30. The van der Waals surface area contributed by atoms with Gasteiger partial charge in [-0.05, 0) is 64.2 Å². The summed E-state index contributed by atoms with van der Waals surface area (Å²) < 4.78 is 52.6. The Balaban J connectivity index is 1.55. The molecule has 234 valence electrons. The second kappa shape index (κ2) is 14.3. The van der Waals surface area contributed by atoms with Crippen molar-refractivity contribution in [2.45, 2.75) is 25.6 Å². The second-order valence-electron chi connectivity index (χ2n) is 10.1. The van der Waals surface area contributed by atoms with Gasteiger partial charge in [-0.15, -0.1) is 0 Å². The summed E-state index contributed by atoms with van der Waals surface area (Å²) in [6.07, 6.45) is -4.47. The molecule has 0 aliphatic carbocycles. The van der Waals surface area contributed by atoms with Crippen molar-refractivity contribution in [3.05, 3.63) is 112 Å². The molecule has 0 bridgehead atoms. The van der Waals surface area contributed by atoms with Crippen molar-refractivity contribution < 1.29 is 37.1 Å². The summed E-state index contributed by atoms with van der Waals surface area (Å²) in [5.74, 6) is -2.56. The maximum absolute atomic E-state index is 13.6. The molecule has 3 amide bonds. The van der Waals surface area contributed by atoms with Crippen LogP contribution in [0.2, 0.25) is 5.02 Å². The predicted molar refractivity (Wildman–Crippen MR) is 162 cm³/mol. The van der Waals surface area contributed by atoms with Crippen molar-refractivity contribution in [2.24, 2.45) is 0 Å². The molecule has 0 aromatic heterocycles. The van der Waals surface area contributed by atoms with Gasteiger partial charge in [0.2, 0.25) is 11.8 Å². The molecule has 0 heterocycles. The first-order chi connectivity index (χ1) is 21.3. The molecule has 4 rings (SSSR count). The summed E-state index contributed by atoms with van der Waals surface area (Å²) in [4.78, 5) is 37.7. The van der Waals surface area contributed by atoms with Crippen LogP contribution in [0.25, 0.3) is 22.3 Å². The lowest BCUT2D eigenvalue weighted by atomic mass is 9.99. The zero-order valence-corrected chi connectivity index (χ0v) is 24.6. The van der Waals surface area contributed by atoms with Crippen molar-refractivity contribution in [2.75, 3.05) is 13.1 Å². The van der Waals surface area contributed by atoms with Gasteiger partial charge in [-0.25, -0.2) is 4.39 Å². The number of hydrogen-bond donors (Lipinski definition) is 4. The number of nitrogens with one attached hydrogen (secondary N) is 3. The first kappa shape index (κ1) is 33.0. The summed E-state index contributed by atoms with van der Waals surface area (Å²) in [7, 11) is 0. The van der Waals surface area contributed by atoms with E-state index in [2.05, 4.69) is 16.0 Å². The van der Waals surface area contributed by atoms with Crippen molar-refractivity contribution >= 4 is 29.3 Å². The summed E-state index contributed by atoms with van der Waals surface area (Å²) in [5, 5.41) is 18.3. The van der Waals surface area contributed by atoms with Crippen LogP contribution in [0, 0.1) is 5.82 Å². The number of alkyl halides is 3. The highest BCUT2D eigenvalue weighted by Crippen LogP contribution is 2.32. The Morgan fingerprint density at radius 2 is 1.36 bits per heavy atom. The van der Waals surface area contributed by atoms with Crippen LogP contribution >= 0.6 is 11.6 Å². The number of carbonyl (C=O) groups excluding carboxylic acids is 3. The van der Waals surface area contributed by atoms with Crippen molar-refractivity contribution in [1.29, 1.82) is 0 Å². The van der Waals surface area contributed by atoms with E-state index in [1.165, 1.54) is 49.4 Å². The minimum atomic E-state index is -4.51. The largest absolute Gasteiger partial charge is 0.507 e. The third-order valence-corrected chi connectivity index (χ3v) is 7.14. The lowest BCUT2D eigenvalue weighted by Crippen LogP contribution is -2.49. The van der Waals surface area contributed by atoms with E-state index in [9.17, 15) is 37.1 Å². The first-order valence-electron chi connectivity index (χ1n) is 13.7. The molecule has 4 aromatic rings. The Hall–Kier alpha value is -4.90. The van der Waals surface area contributed by atoms with E-state index in [1.807, 2.05) is 0 Å². The van der Waals surface area contributed by atoms with Gasteiger partial charge in [-0.1, -0.05) is 60.1 Å². The molecule has 0 aliphatic rings. The van der Waals surface area contributed by atoms with Crippen LogP contribution in [0.5, 0.6) is 5.75 Å². The van der Waals surface area contributed by atoms with E-state index in [4.69, 9.17) is 11.6 Å². The lowest BCUT2D eigenvalue weighted by Gasteiger charge is -2.20. The second-order valence-corrected chi connectivity index (χ2v) is 10.5. The number of amides is 3. The van der Waals surface area contributed by atoms with Crippen LogP contribution in [-0.2, 0) is 22.2 Å². The molecular weight excluding hydrogens is 614 g/mol. The number of carbonyl (C=O) groups is 3. The molecule has 0 radical (unpaired) electrons. The zero-order valence-electron chi connectivity index (χ0n) is 23.8. The molecular formula is C33H28ClF4N3O4. The topological polar surface area (TPSA) is 108 Å². The minimum Gasteiger partial charge on any atom is -0.507 e. The van der Waals surface area contributed by atoms with Crippen LogP contribution in [0.1, 0.15) is 28.4 Å². The number of aromatic hydroxyl groups is 1. The van der Waals surface area contributed by atoms with Gasteiger partial charge >= 0.3 is 6.18 Å². The zero-order chi connectivity index (χ0) is 32.7. The maximum atomic E-state index is 13.6. The summed E-state index contributed by atoms with van der Waals surface area (Å²) >= 11 is 5.90. The Labute approximate surface area is 261 Å². The molecule has 0 unspecified atom stereocenters. The van der Waals surface area contributed by atoms with Gasteiger partial charge < -0.3 is 21.1 Å². The summed E-state index contributed by atoms with van der Waals surface area (Å²) in [6.45, 7) is 1.58. The van der Waals surface area contributed by atoms with E-state index in [-0.39, 0.29) is 36.0 Å². The molecule has 4 aromatic carbocycles. The normalized spacial score (nSPS) is 11.9. The van der Waals surface area contributed by atoms with Gasteiger partial charge in [0.15, 0.2) is 0 Å². The molecule has 45 heavy (non-hydrogen) atoms. The number of hydrogen-bond acceptors (Lipinski definition) is 4. The van der Waals surface area contributed by atoms with Gasteiger partial charge in [-0.3, -0.25) is 14.4 Å². The minimum absolute atomic E-state index is 0.0269. The van der Waals surface area contributed by atoms with E-state index in [0.717, 1.165) is 17.7 Å². The SMILES string of the molecule is CC(=O)NCCNC(=O)[C@H](Cc1ccc(-c2ccc(F)c(Cl)c2)cc1)NC(=O)c1cc(-c2ccc(C(F)(F)F)cc2)ccc1O. The van der Waals surface area contributed by atoms with Crippen LogP contribution in [0.3, 0.4) is 0 Å². The predicted octanol–water partition coefficient (Wildman–Crippen LogP) is 6.13. The molecule has 0 aliphatic heterocycles. The number of phenolic OH excluding ortho intramolecular Hbond substituents is 1. The number of benzene rings is 4. The highest BCUT2D eigenvalue weighted by molar-refractivity contribution is 6.31. The molecule has 0 spiro atoms. The number of halogens is 5. The third-order valence-electron chi connectivity index (χ3n) is 6.85. The van der Waals surface area contributed by atoms with Crippen LogP contribution in [0.15, 0.2) is 84.9 Å². The van der Waals surface area contributed by atoms with E-state index >= 15 is 0 Å². The van der Waals surface area contributed by atoms with E-state index < -0.39 is 41.2 Å². The Kier molecular flexibility index (Phi) is 10.5. The Morgan fingerprint density at radius 1 is 0.800 bits per heavy atom. The van der Waals surface area contributed by atoms with Gasteiger partial charge in [0.05, 0.1) is 16.1 Å². The molecule has 0 saturated carbocycles. The molecule has 12 heteroatoms. The molecule has 7 nitrogen and oxygen atoms in total. The quantitative estimate of drug-likeness (QED) is 0.123. The fraction of sp³-hybridized carbons (Fsp3) is 0.182. The average Bonchev–Trinajstić information content (AvgIpc) is 3.00. The van der Waals surface area contributed by atoms with Crippen LogP contribution in [0.4, 0.5) is 17.6 Å². The number of phenols is 1. The molecule has 4 N–H and O–H groups in total. The molecule has 0 fully saturated rings. The summed E-state index contributed by atoms with van der Waals surface area (Å²) in [5.41, 5.74) is 1.82. The van der Waals surface area contributed by atoms with Crippen molar-refractivity contribution in [3.63, 3.8) is 0 Å². The third kappa shape index (κ3) is 8.82. The maximum Gasteiger partial charge on any atom is 0.416 e. The molecule has 1 atom stereocenters. The average molecular weight is 642 g/mol. The van der Waals surface area contributed by atoms with Crippen molar-refractivity contribution in [3.8, 4) is 28.0 Å². The molecule has 0 saturated heterocycles. The lowest BCUT2D eigenvalue weighted by molar-refractivity contribution is -0.137. The Bertz CT molecular complexity index is 1690. The van der Waals surface area contributed by atoms with Gasteiger partial charge in [0, 0.05) is 26.4 Å². The van der Waals surface area contributed by atoms with Crippen LogP contribution < -0.4 is 16.0 Å². The van der Waals surface area contributed by atoms with Crippen LogP contribution in [-0.4, -0.2) is 42.0 Å². The summed E-state index contributed by atoms with van der Waals surface area (Å²) in [6, 6.07) is 18.5. The monoisotopic (exact) mass is 641 g/mol. The van der Waals surface area contributed by atoms with E-state index in [0.29, 0.717) is 22.3 Å². The smallest absolute Gasteiger partial charge is 0.416 e. The van der Waals surface area contributed by atoms with Crippen molar-refractivity contribution in [1.82, 2.24) is 16.0 Å². The van der Waals surface area contributed by atoms with E-state index in [1.54, 1.807) is 30.3 Å². The standard InChI is InChI=1S/C33H28ClF4N3O4/c1-19(42)39-14-15-40-32(45)29(16-20-2-4-21(5-3-20)24-8-12-28(35)27(34)18-24)41-31(44)26-17-23(9-13-30(26)43)22-6-10-25(11-7-22)33(36,37)38/h2-13,17-18,29,43H,14-16H2,1H3,(H,39,42)(H,40,45)(H,41,44)/t29-/m0/s1. The highest BCUT2D eigenvalue weighted by atomic mass is 35.5. The first-order valence-corrected chi connectivity index (χ1v) is 14.1. The van der Waals surface area contributed by atoms with Gasteiger partial charge in [-0.2, -0.15) is 13.2 Å². The Morgan fingerprint density at radius 3 is 1.96 bits per heavy atom. The van der Waals surface area contributed by atoms with Gasteiger partial charge in [0.25, 0.3) is 5.91 Å². The fourth-order valence-electron chi connectivity index (χ4n) is 4.49.